The fourth-order valence-corrected chi connectivity index (χ4v) is 3.06. The summed E-state index contributed by atoms with van der Waals surface area (Å²) in [4.78, 5) is 26.8. The lowest BCUT2D eigenvalue weighted by molar-refractivity contribution is -0.140. The van der Waals surface area contributed by atoms with Gasteiger partial charge in [-0.15, -0.1) is 0 Å². The summed E-state index contributed by atoms with van der Waals surface area (Å²) in [6.45, 7) is 0.893. The van der Waals surface area contributed by atoms with Crippen molar-refractivity contribution >= 4 is 17.9 Å². The Balaban J connectivity index is 1.83. The zero-order valence-electron chi connectivity index (χ0n) is 15.3. The van der Waals surface area contributed by atoms with E-state index in [1.807, 2.05) is 42.5 Å². The normalized spacial score (nSPS) is 16.9. The molecular weight excluding hydrogens is 344 g/mol. The molecule has 1 atom stereocenters. The smallest absolute Gasteiger partial charge is 0.247 e. The van der Waals surface area contributed by atoms with Gasteiger partial charge in [-0.1, -0.05) is 30.3 Å². The first-order valence-corrected chi connectivity index (χ1v) is 8.67. The van der Waals surface area contributed by atoms with Gasteiger partial charge in [0.15, 0.2) is 0 Å². The van der Waals surface area contributed by atoms with Gasteiger partial charge in [0.25, 0.3) is 0 Å². The number of carbonyl (C=O) groups is 2. The topological polar surface area (TPSA) is 67.9 Å². The lowest BCUT2D eigenvalue weighted by Crippen LogP contribution is -2.51. The largest absolute Gasteiger partial charge is 0.497 e. The van der Waals surface area contributed by atoms with E-state index >= 15 is 0 Å². The van der Waals surface area contributed by atoms with Crippen molar-refractivity contribution in [3.63, 3.8) is 0 Å². The third-order valence-corrected chi connectivity index (χ3v) is 4.40. The first kappa shape index (κ1) is 18.5. The average molecular weight is 366 g/mol. The molecule has 0 spiro atoms. The van der Waals surface area contributed by atoms with E-state index < -0.39 is 6.04 Å². The van der Waals surface area contributed by atoms with Crippen molar-refractivity contribution in [1.82, 2.24) is 10.2 Å². The molecule has 3 rings (SSSR count). The van der Waals surface area contributed by atoms with Crippen LogP contribution >= 0.6 is 0 Å². The Morgan fingerprint density at radius 1 is 1.11 bits per heavy atom. The van der Waals surface area contributed by atoms with Crippen LogP contribution in [0.2, 0.25) is 0 Å². The van der Waals surface area contributed by atoms with Gasteiger partial charge in [0.05, 0.1) is 14.2 Å². The highest BCUT2D eigenvalue weighted by atomic mass is 16.5. The second-order valence-corrected chi connectivity index (χ2v) is 6.12. The molecule has 1 unspecified atom stereocenters. The summed E-state index contributed by atoms with van der Waals surface area (Å²) in [5, 5.41) is 2.83. The average Bonchev–Trinajstić information content (AvgIpc) is 2.72. The van der Waals surface area contributed by atoms with Crippen LogP contribution in [0.4, 0.5) is 0 Å². The van der Waals surface area contributed by atoms with Crippen LogP contribution < -0.4 is 14.8 Å². The molecule has 0 saturated carbocycles. The minimum Gasteiger partial charge on any atom is -0.497 e. The number of rotatable bonds is 5. The van der Waals surface area contributed by atoms with E-state index in [2.05, 4.69) is 5.32 Å². The van der Waals surface area contributed by atoms with E-state index in [0.29, 0.717) is 24.6 Å². The number of nitrogens with zero attached hydrogens (tertiary/aromatic N) is 1. The second-order valence-electron chi connectivity index (χ2n) is 6.12. The minimum absolute atomic E-state index is 0.169. The summed E-state index contributed by atoms with van der Waals surface area (Å²) in [5.74, 6) is 0.889. The van der Waals surface area contributed by atoms with Crippen molar-refractivity contribution in [1.29, 1.82) is 0 Å². The van der Waals surface area contributed by atoms with E-state index in [9.17, 15) is 9.59 Å². The number of hydrogen-bond acceptors (Lipinski definition) is 4. The fraction of sp³-hybridized carbons (Fsp3) is 0.238. The number of hydrogen-bond donors (Lipinski definition) is 1. The second kappa shape index (κ2) is 8.40. The van der Waals surface area contributed by atoms with Crippen LogP contribution in [-0.4, -0.2) is 44.0 Å². The number of methoxy groups -OCH3 is 2. The van der Waals surface area contributed by atoms with Crippen LogP contribution in [0.3, 0.4) is 0 Å². The molecule has 0 aromatic heterocycles. The first-order valence-electron chi connectivity index (χ1n) is 8.67. The molecule has 2 amide bonds. The molecule has 1 aliphatic rings. The molecule has 2 aromatic carbocycles. The Bertz CT molecular complexity index is 826. The van der Waals surface area contributed by atoms with Gasteiger partial charge in [-0.05, 0) is 29.3 Å². The molecular formula is C21H22N2O4. The van der Waals surface area contributed by atoms with E-state index in [0.717, 1.165) is 11.1 Å². The maximum absolute atomic E-state index is 12.8. The Kier molecular flexibility index (Phi) is 5.76. The lowest BCUT2D eigenvalue weighted by Gasteiger charge is -2.34. The number of amides is 2. The van der Waals surface area contributed by atoms with Crippen molar-refractivity contribution in [2.24, 2.45) is 0 Å². The molecule has 0 bridgehead atoms. The molecule has 6 heteroatoms. The highest BCUT2D eigenvalue weighted by molar-refractivity contribution is 5.96. The highest BCUT2D eigenvalue weighted by Crippen LogP contribution is 2.25. The molecule has 0 aliphatic carbocycles. The third kappa shape index (κ3) is 4.28. The van der Waals surface area contributed by atoms with Crippen molar-refractivity contribution in [2.45, 2.75) is 6.04 Å². The van der Waals surface area contributed by atoms with Crippen LogP contribution in [0.25, 0.3) is 6.08 Å². The Hall–Kier alpha value is -3.28. The molecule has 1 saturated heterocycles. The van der Waals surface area contributed by atoms with E-state index in [-0.39, 0.29) is 11.8 Å². The summed E-state index contributed by atoms with van der Waals surface area (Å²) in [7, 11) is 3.15. The summed E-state index contributed by atoms with van der Waals surface area (Å²) in [5.41, 5.74) is 1.57. The molecule has 27 heavy (non-hydrogen) atoms. The van der Waals surface area contributed by atoms with Crippen LogP contribution in [0.15, 0.2) is 54.6 Å². The Labute approximate surface area is 158 Å². The van der Waals surface area contributed by atoms with Crippen molar-refractivity contribution in [2.75, 3.05) is 27.3 Å². The molecule has 6 nitrogen and oxygen atoms in total. The Morgan fingerprint density at radius 2 is 1.78 bits per heavy atom. The predicted octanol–water partition coefficient (Wildman–Crippen LogP) is 2.42. The van der Waals surface area contributed by atoms with Gasteiger partial charge >= 0.3 is 0 Å². The summed E-state index contributed by atoms with van der Waals surface area (Å²) in [6, 6.07) is 14.1. The van der Waals surface area contributed by atoms with Gasteiger partial charge in [-0.25, -0.2) is 0 Å². The van der Waals surface area contributed by atoms with E-state index in [1.54, 1.807) is 31.3 Å². The number of piperazine rings is 1. The SMILES string of the molecule is COc1cc(C=CC(=O)N2CCNC(=O)C2c2ccccc2)cc(OC)c1. The van der Waals surface area contributed by atoms with E-state index in [4.69, 9.17) is 9.47 Å². The summed E-state index contributed by atoms with van der Waals surface area (Å²) >= 11 is 0. The highest BCUT2D eigenvalue weighted by Gasteiger charge is 2.33. The monoisotopic (exact) mass is 366 g/mol. The number of carbonyl (C=O) groups excluding carboxylic acids is 2. The molecule has 1 aliphatic heterocycles. The first-order chi connectivity index (χ1) is 13.1. The third-order valence-electron chi connectivity index (χ3n) is 4.40. The molecule has 0 radical (unpaired) electrons. The van der Waals surface area contributed by atoms with Gasteiger partial charge in [-0.3, -0.25) is 9.59 Å². The predicted molar refractivity (Wildman–Crippen MR) is 102 cm³/mol. The summed E-state index contributed by atoms with van der Waals surface area (Å²) < 4.78 is 10.5. The number of nitrogens with one attached hydrogen (secondary N) is 1. The number of benzene rings is 2. The van der Waals surface area contributed by atoms with Gasteiger partial charge < -0.3 is 19.7 Å². The van der Waals surface area contributed by atoms with Gasteiger partial charge in [0.2, 0.25) is 11.8 Å². The van der Waals surface area contributed by atoms with Crippen LogP contribution in [-0.2, 0) is 9.59 Å². The zero-order valence-corrected chi connectivity index (χ0v) is 15.3. The fourth-order valence-electron chi connectivity index (χ4n) is 3.06. The lowest BCUT2D eigenvalue weighted by atomic mass is 10.0. The van der Waals surface area contributed by atoms with Gasteiger partial charge in [0, 0.05) is 25.2 Å². The van der Waals surface area contributed by atoms with Crippen molar-refractivity contribution in [3.05, 3.63) is 65.7 Å². The standard InChI is InChI=1S/C21H22N2O4/c1-26-17-12-15(13-18(14-17)27-2)8-9-19(24)23-11-10-22-21(25)20(23)16-6-4-3-5-7-16/h3-9,12-14,20H,10-11H2,1-2H3,(H,22,25). The molecule has 2 aromatic rings. The molecule has 140 valence electrons. The maximum atomic E-state index is 12.8. The van der Waals surface area contributed by atoms with Crippen LogP contribution in [0.1, 0.15) is 17.2 Å². The molecule has 1 heterocycles. The van der Waals surface area contributed by atoms with Gasteiger partial charge in [0.1, 0.15) is 17.5 Å². The van der Waals surface area contributed by atoms with Gasteiger partial charge in [-0.2, -0.15) is 0 Å². The quantitative estimate of drug-likeness (QED) is 0.826. The van der Waals surface area contributed by atoms with Crippen LogP contribution in [0.5, 0.6) is 11.5 Å². The van der Waals surface area contributed by atoms with Crippen molar-refractivity contribution in [3.8, 4) is 11.5 Å². The van der Waals surface area contributed by atoms with Crippen LogP contribution in [0, 0.1) is 0 Å². The maximum Gasteiger partial charge on any atom is 0.247 e. The molecule has 1 N–H and O–H groups in total. The molecule has 1 fully saturated rings. The zero-order chi connectivity index (χ0) is 19.2. The Morgan fingerprint density at radius 3 is 2.41 bits per heavy atom. The minimum atomic E-state index is -0.628. The number of ether oxygens (including phenoxy) is 2. The van der Waals surface area contributed by atoms with Crippen molar-refractivity contribution < 1.29 is 19.1 Å². The summed E-state index contributed by atoms with van der Waals surface area (Å²) in [6.07, 6.45) is 3.17. The van der Waals surface area contributed by atoms with E-state index in [1.165, 1.54) is 6.08 Å².